The van der Waals surface area contributed by atoms with E-state index in [0.29, 0.717) is 73.0 Å². The van der Waals surface area contributed by atoms with E-state index in [1.54, 1.807) is 31.5 Å². The number of aromatic nitrogens is 2. The van der Waals surface area contributed by atoms with Gasteiger partial charge < -0.3 is 25.0 Å². The minimum Gasteiger partial charge on any atom is -0.493 e. The molecule has 1 fully saturated rings. The monoisotopic (exact) mass is 506 g/mol. The number of nitrogens with zero attached hydrogens (tertiary/aromatic N) is 4. The van der Waals surface area contributed by atoms with Crippen molar-refractivity contribution in [1.29, 1.82) is 0 Å². The van der Waals surface area contributed by atoms with Crippen LogP contribution in [0.5, 0.6) is 11.5 Å². The van der Waals surface area contributed by atoms with Gasteiger partial charge in [-0.15, -0.1) is 0 Å². The molecule has 2 bridgehead atoms. The van der Waals surface area contributed by atoms with E-state index in [1.165, 1.54) is 25.6 Å². The third kappa shape index (κ3) is 5.68. The summed E-state index contributed by atoms with van der Waals surface area (Å²) in [6, 6.07) is 5.67. The lowest BCUT2D eigenvalue weighted by Crippen LogP contribution is -2.42. The normalized spacial score (nSPS) is 21.2. The third-order valence-corrected chi connectivity index (χ3v) is 7.24. The second-order valence-corrected chi connectivity index (χ2v) is 9.68. The quantitative estimate of drug-likeness (QED) is 0.631. The molecule has 10 heteroatoms. The summed E-state index contributed by atoms with van der Waals surface area (Å²) in [4.78, 5) is 41.3. The molecule has 3 heterocycles. The van der Waals surface area contributed by atoms with Crippen LogP contribution in [0.25, 0.3) is 0 Å². The van der Waals surface area contributed by atoms with Crippen molar-refractivity contribution in [1.82, 2.24) is 14.9 Å². The predicted molar refractivity (Wildman–Crippen MR) is 141 cm³/mol. The van der Waals surface area contributed by atoms with Crippen molar-refractivity contribution >= 4 is 35.4 Å². The van der Waals surface area contributed by atoms with E-state index in [4.69, 9.17) is 9.47 Å². The summed E-state index contributed by atoms with van der Waals surface area (Å²) in [6.45, 7) is 1.71. The molecule has 0 saturated heterocycles. The summed E-state index contributed by atoms with van der Waals surface area (Å²) in [7, 11) is 1.59. The highest BCUT2D eigenvalue weighted by molar-refractivity contribution is 6.13. The zero-order valence-corrected chi connectivity index (χ0v) is 21.2. The van der Waals surface area contributed by atoms with E-state index < -0.39 is 5.92 Å². The smallest absolute Gasteiger partial charge is 0.238 e. The molecule has 0 radical (unpaired) electrons. The minimum absolute atomic E-state index is 0.180. The van der Waals surface area contributed by atoms with Gasteiger partial charge in [0, 0.05) is 37.8 Å². The second-order valence-electron chi connectivity index (χ2n) is 9.68. The fraction of sp³-hybridized carbons (Fsp3) is 0.519. The van der Waals surface area contributed by atoms with Crippen LogP contribution in [0.1, 0.15) is 62.8 Å². The Kier molecular flexibility index (Phi) is 7.82. The highest BCUT2D eigenvalue weighted by Gasteiger charge is 2.34. The maximum Gasteiger partial charge on any atom is 0.238 e. The molecule has 1 aliphatic carbocycles. The number of fused-ring (bicyclic) bond motifs is 2. The van der Waals surface area contributed by atoms with Crippen molar-refractivity contribution in [2.45, 2.75) is 63.3 Å². The molecule has 3 aliphatic rings. The van der Waals surface area contributed by atoms with Crippen LogP contribution in [0.15, 0.2) is 29.5 Å². The maximum atomic E-state index is 13.3. The molecule has 1 aromatic heterocycles. The molecule has 0 spiro atoms. The van der Waals surface area contributed by atoms with Crippen LogP contribution in [-0.4, -0.2) is 65.7 Å². The Morgan fingerprint density at radius 2 is 1.89 bits per heavy atom. The van der Waals surface area contributed by atoms with Crippen LogP contribution >= 0.6 is 0 Å². The van der Waals surface area contributed by atoms with Crippen LogP contribution in [0.2, 0.25) is 0 Å². The summed E-state index contributed by atoms with van der Waals surface area (Å²) in [5, 5.41) is 6.21. The van der Waals surface area contributed by atoms with Crippen molar-refractivity contribution in [3.8, 4) is 11.5 Å². The third-order valence-electron chi connectivity index (χ3n) is 7.24. The zero-order valence-electron chi connectivity index (χ0n) is 21.2. The highest BCUT2D eigenvalue weighted by Crippen LogP contribution is 2.36. The molecule has 1 saturated carbocycles. The van der Waals surface area contributed by atoms with Gasteiger partial charge in [0.2, 0.25) is 11.8 Å². The van der Waals surface area contributed by atoms with Crippen LogP contribution in [0.4, 0.5) is 17.3 Å². The maximum absolute atomic E-state index is 13.3. The van der Waals surface area contributed by atoms with Crippen molar-refractivity contribution in [2.75, 3.05) is 37.4 Å². The number of hydrogen-bond donors (Lipinski definition) is 2. The molecule has 1 unspecified atom stereocenters. The van der Waals surface area contributed by atoms with Crippen LogP contribution < -0.4 is 20.1 Å². The number of nitrogens with one attached hydrogen (secondary N) is 2. The van der Waals surface area contributed by atoms with Gasteiger partial charge in [0.05, 0.1) is 25.0 Å². The molecular weight excluding hydrogens is 472 g/mol. The van der Waals surface area contributed by atoms with E-state index in [-0.39, 0.29) is 11.8 Å². The fourth-order valence-corrected chi connectivity index (χ4v) is 5.33. The van der Waals surface area contributed by atoms with E-state index in [9.17, 15) is 9.59 Å². The minimum atomic E-state index is -0.621. The Morgan fingerprint density at radius 3 is 2.73 bits per heavy atom. The van der Waals surface area contributed by atoms with Gasteiger partial charge in [-0.25, -0.2) is 9.97 Å². The molecule has 5 rings (SSSR count). The fourth-order valence-electron chi connectivity index (χ4n) is 5.33. The number of carbonyl (C=O) groups excluding carboxylic acids is 2. The number of rotatable bonds is 2. The molecule has 2 amide bonds. The Labute approximate surface area is 216 Å². The lowest BCUT2D eigenvalue weighted by Gasteiger charge is -2.34. The second kappa shape index (κ2) is 11.6. The van der Waals surface area contributed by atoms with Gasteiger partial charge in [-0.3, -0.25) is 14.6 Å². The number of carbonyl (C=O) groups is 2. The van der Waals surface area contributed by atoms with Gasteiger partial charge in [0.15, 0.2) is 11.5 Å². The van der Waals surface area contributed by atoms with Gasteiger partial charge in [-0.2, -0.15) is 0 Å². The first-order chi connectivity index (χ1) is 18.1. The summed E-state index contributed by atoms with van der Waals surface area (Å²) in [6.07, 6.45) is 10.6. The van der Waals surface area contributed by atoms with Gasteiger partial charge in [-0.05, 0) is 37.8 Å². The summed E-state index contributed by atoms with van der Waals surface area (Å²) in [5.74, 6) is 1.60. The number of amides is 2. The van der Waals surface area contributed by atoms with Gasteiger partial charge in [0.25, 0.3) is 0 Å². The number of benzene rings is 1. The number of ether oxygens (including phenoxy) is 2. The van der Waals surface area contributed by atoms with Crippen LogP contribution in [-0.2, 0) is 9.59 Å². The molecule has 2 N–H and O–H groups in total. The number of hydrogen-bond acceptors (Lipinski definition) is 8. The molecule has 10 nitrogen and oxygen atoms in total. The molecule has 2 aromatic rings. The largest absolute Gasteiger partial charge is 0.493 e. The van der Waals surface area contributed by atoms with E-state index >= 15 is 0 Å². The van der Waals surface area contributed by atoms with Crippen molar-refractivity contribution < 1.29 is 19.1 Å². The average Bonchev–Trinajstić information content (AvgIpc) is 3.25. The van der Waals surface area contributed by atoms with Gasteiger partial charge in [-0.1, -0.05) is 19.3 Å². The SMILES string of the molecule is COc1ccc2cc1OCCCC(=O)N(C1CCCCC1)CCCNc1ncnc3c1C(C=N2)C(=O)N3. The van der Waals surface area contributed by atoms with E-state index in [0.717, 1.165) is 19.3 Å². The average molecular weight is 507 g/mol. The lowest BCUT2D eigenvalue weighted by atomic mass is 9.93. The molecule has 1 aromatic carbocycles. The number of aliphatic imine (C=N–C) groups is 1. The standard InChI is InChI=1S/C27H34N6O4/c1-36-21-11-10-18-15-22(21)37-14-5-9-23(34)33(19-7-3-2-4-8-19)13-6-12-28-25-24-20(16-29-18)27(35)32-26(24)31-17-30-25/h10-11,15-17,19-20H,2-9,12-14H2,1H3,(H2,28,30,31,32,35). The highest BCUT2D eigenvalue weighted by atomic mass is 16.5. The molecular formula is C27H34N6O4. The topological polar surface area (TPSA) is 118 Å². The summed E-state index contributed by atoms with van der Waals surface area (Å²) < 4.78 is 11.5. The summed E-state index contributed by atoms with van der Waals surface area (Å²) >= 11 is 0. The molecule has 37 heavy (non-hydrogen) atoms. The molecule has 196 valence electrons. The van der Waals surface area contributed by atoms with E-state index in [1.807, 2.05) is 0 Å². The molecule has 1 atom stereocenters. The first-order valence-electron chi connectivity index (χ1n) is 13.2. The Bertz CT molecular complexity index is 1160. The van der Waals surface area contributed by atoms with E-state index in [2.05, 4.69) is 30.5 Å². The molecule has 2 aliphatic heterocycles. The Morgan fingerprint density at radius 1 is 1.05 bits per heavy atom. The lowest BCUT2D eigenvalue weighted by molar-refractivity contribution is -0.134. The Balaban J connectivity index is 1.43. The Hall–Kier alpha value is -3.69. The zero-order chi connectivity index (χ0) is 25.6. The van der Waals surface area contributed by atoms with Crippen molar-refractivity contribution in [3.63, 3.8) is 0 Å². The van der Waals surface area contributed by atoms with Crippen LogP contribution in [0.3, 0.4) is 0 Å². The van der Waals surface area contributed by atoms with Crippen LogP contribution in [0, 0.1) is 0 Å². The van der Waals surface area contributed by atoms with Gasteiger partial charge >= 0.3 is 0 Å². The van der Waals surface area contributed by atoms with Crippen molar-refractivity contribution in [3.05, 3.63) is 30.1 Å². The van der Waals surface area contributed by atoms with Crippen molar-refractivity contribution in [2.24, 2.45) is 4.99 Å². The number of anilines is 2. The number of methoxy groups -OCH3 is 1. The first-order valence-corrected chi connectivity index (χ1v) is 13.2. The van der Waals surface area contributed by atoms with Gasteiger partial charge in [0.1, 0.15) is 23.9 Å². The predicted octanol–water partition coefficient (Wildman–Crippen LogP) is 4.06. The summed E-state index contributed by atoms with van der Waals surface area (Å²) in [5.41, 5.74) is 1.31. The first kappa shape index (κ1) is 25.0.